The Morgan fingerprint density at radius 2 is 2.04 bits per heavy atom. The topological polar surface area (TPSA) is 97.6 Å². The fourth-order valence-corrected chi connectivity index (χ4v) is 2.79. The molecule has 2 aromatic rings. The van der Waals surface area contributed by atoms with Crippen LogP contribution < -0.4 is 10.6 Å². The SMILES string of the molecule is CCc1nc2n(n1)CCC[C@H]2NC(=O)Nc1cnc(C(C)(C)C)nc1. The number of fused-ring (bicyclic) bond motifs is 1. The van der Waals surface area contributed by atoms with E-state index in [-0.39, 0.29) is 17.5 Å². The van der Waals surface area contributed by atoms with Gasteiger partial charge in [0.05, 0.1) is 24.1 Å². The summed E-state index contributed by atoms with van der Waals surface area (Å²) >= 11 is 0. The minimum atomic E-state index is -0.286. The number of carbonyl (C=O) groups is 1. The molecule has 0 bridgehead atoms. The quantitative estimate of drug-likeness (QED) is 0.892. The zero-order chi connectivity index (χ0) is 18.0. The maximum absolute atomic E-state index is 12.3. The largest absolute Gasteiger partial charge is 0.328 e. The number of nitrogens with zero attached hydrogens (tertiary/aromatic N) is 5. The van der Waals surface area contributed by atoms with E-state index in [2.05, 4.69) is 30.7 Å². The summed E-state index contributed by atoms with van der Waals surface area (Å²) in [6.07, 6.45) is 5.87. The van der Waals surface area contributed by atoms with E-state index >= 15 is 0 Å². The number of nitrogens with one attached hydrogen (secondary N) is 2. The minimum Gasteiger partial charge on any atom is -0.328 e. The lowest BCUT2D eigenvalue weighted by Crippen LogP contribution is -2.36. The van der Waals surface area contributed by atoms with Crippen molar-refractivity contribution in [1.82, 2.24) is 30.0 Å². The third-order valence-electron chi connectivity index (χ3n) is 4.12. The summed E-state index contributed by atoms with van der Waals surface area (Å²) in [5.41, 5.74) is 0.446. The number of anilines is 1. The van der Waals surface area contributed by atoms with Gasteiger partial charge in [0, 0.05) is 18.4 Å². The van der Waals surface area contributed by atoms with Gasteiger partial charge in [-0.1, -0.05) is 27.7 Å². The Bertz CT molecular complexity index is 745. The Morgan fingerprint density at radius 1 is 1.32 bits per heavy atom. The second-order valence-electron chi connectivity index (χ2n) is 7.30. The van der Waals surface area contributed by atoms with Gasteiger partial charge < -0.3 is 10.6 Å². The molecule has 0 unspecified atom stereocenters. The maximum atomic E-state index is 12.3. The Hall–Kier alpha value is -2.51. The highest BCUT2D eigenvalue weighted by Gasteiger charge is 2.25. The van der Waals surface area contributed by atoms with Crippen molar-refractivity contribution in [2.24, 2.45) is 0 Å². The summed E-state index contributed by atoms with van der Waals surface area (Å²) in [6, 6.07) is -0.414. The Morgan fingerprint density at radius 3 is 2.68 bits per heavy atom. The van der Waals surface area contributed by atoms with Crippen LogP contribution in [0.15, 0.2) is 12.4 Å². The molecular weight excluding hydrogens is 318 g/mol. The van der Waals surface area contributed by atoms with Gasteiger partial charge in [-0.2, -0.15) is 5.10 Å². The molecule has 0 aromatic carbocycles. The number of rotatable bonds is 3. The fourth-order valence-electron chi connectivity index (χ4n) is 2.79. The van der Waals surface area contributed by atoms with Crippen molar-refractivity contribution in [3.8, 4) is 0 Å². The van der Waals surface area contributed by atoms with Crippen LogP contribution in [0.1, 0.15) is 64.1 Å². The molecule has 3 rings (SSSR count). The van der Waals surface area contributed by atoms with Crippen molar-refractivity contribution in [2.75, 3.05) is 5.32 Å². The molecule has 0 aliphatic carbocycles. The average molecular weight is 343 g/mol. The smallest absolute Gasteiger partial charge is 0.319 e. The minimum absolute atomic E-state index is 0.121. The highest BCUT2D eigenvalue weighted by Crippen LogP contribution is 2.23. The molecular formula is C17H25N7O. The van der Waals surface area contributed by atoms with Gasteiger partial charge in [0.25, 0.3) is 0 Å². The number of aromatic nitrogens is 5. The molecule has 2 N–H and O–H groups in total. The van der Waals surface area contributed by atoms with Crippen molar-refractivity contribution in [3.05, 3.63) is 29.9 Å². The highest BCUT2D eigenvalue weighted by molar-refractivity contribution is 5.89. The molecule has 2 aromatic heterocycles. The van der Waals surface area contributed by atoms with Crippen molar-refractivity contribution in [3.63, 3.8) is 0 Å². The predicted molar refractivity (Wildman–Crippen MR) is 94.3 cm³/mol. The summed E-state index contributed by atoms with van der Waals surface area (Å²) in [5, 5.41) is 10.2. The molecule has 1 aliphatic heterocycles. The number of urea groups is 1. The first-order valence-corrected chi connectivity index (χ1v) is 8.70. The molecule has 0 saturated carbocycles. The third-order valence-corrected chi connectivity index (χ3v) is 4.12. The van der Waals surface area contributed by atoms with E-state index < -0.39 is 0 Å². The Kier molecular flexibility index (Phi) is 4.69. The lowest BCUT2D eigenvalue weighted by atomic mass is 9.96. The maximum Gasteiger partial charge on any atom is 0.319 e. The van der Waals surface area contributed by atoms with Crippen LogP contribution in [0, 0.1) is 0 Å². The third kappa shape index (κ3) is 3.94. The van der Waals surface area contributed by atoms with Crippen LogP contribution in [-0.2, 0) is 18.4 Å². The highest BCUT2D eigenvalue weighted by atomic mass is 16.2. The number of hydrogen-bond donors (Lipinski definition) is 2. The van der Waals surface area contributed by atoms with Gasteiger partial charge in [0.15, 0.2) is 5.82 Å². The molecule has 2 amide bonds. The monoisotopic (exact) mass is 343 g/mol. The van der Waals surface area contributed by atoms with Gasteiger partial charge >= 0.3 is 6.03 Å². The van der Waals surface area contributed by atoms with E-state index in [1.807, 2.05) is 32.4 Å². The van der Waals surface area contributed by atoms with Crippen LogP contribution in [-0.4, -0.2) is 30.8 Å². The normalized spacial score (nSPS) is 17.0. The zero-order valence-electron chi connectivity index (χ0n) is 15.2. The molecule has 0 fully saturated rings. The predicted octanol–water partition coefficient (Wildman–Crippen LogP) is 2.58. The van der Waals surface area contributed by atoms with Gasteiger partial charge in [-0.05, 0) is 12.8 Å². The number of carbonyl (C=O) groups excluding carboxylic acids is 1. The standard InChI is InChI=1S/C17H25N7O/c1-5-13-22-14-12(7-6-8-24(14)23-13)21-16(25)20-11-9-18-15(19-10-11)17(2,3)4/h9-10,12H,5-8H2,1-4H3,(H2,20,21,25)/t12-/m1/s1. The first kappa shape index (κ1) is 17.3. The molecule has 25 heavy (non-hydrogen) atoms. The second kappa shape index (κ2) is 6.78. The van der Waals surface area contributed by atoms with Crippen LogP contribution >= 0.6 is 0 Å². The van der Waals surface area contributed by atoms with Crippen LogP contribution in [0.4, 0.5) is 10.5 Å². The van der Waals surface area contributed by atoms with E-state index in [1.54, 1.807) is 12.4 Å². The Labute approximate surface area is 147 Å². The van der Waals surface area contributed by atoms with E-state index in [4.69, 9.17) is 0 Å². The van der Waals surface area contributed by atoms with Crippen LogP contribution in [0.5, 0.6) is 0 Å². The van der Waals surface area contributed by atoms with Crippen LogP contribution in [0.2, 0.25) is 0 Å². The van der Waals surface area contributed by atoms with Crippen molar-refractivity contribution in [1.29, 1.82) is 0 Å². The molecule has 0 radical (unpaired) electrons. The van der Waals surface area contributed by atoms with Crippen molar-refractivity contribution >= 4 is 11.7 Å². The summed E-state index contributed by atoms with van der Waals surface area (Å²) in [6.45, 7) is 9.02. The summed E-state index contributed by atoms with van der Waals surface area (Å²) in [5.74, 6) is 2.39. The first-order chi connectivity index (χ1) is 11.9. The summed E-state index contributed by atoms with van der Waals surface area (Å²) < 4.78 is 1.90. The molecule has 8 nitrogen and oxygen atoms in total. The lowest BCUT2D eigenvalue weighted by molar-refractivity contribution is 0.244. The van der Waals surface area contributed by atoms with Gasteiger partial charge in [0.2, 0.25) is 0 Å². The van der Waals surface area contributed by atoms with Crippen molar-refractivity contribution < 1.29 is 4.79 Å². The van der Waals surface area contributed by atoms with E-state index in [1.165, 1.54) is 0 Å². The first-order valence-electron chi connectivity index (χ1n) is 8.70. The Balaban J connectivity index is 1.65. The summed E-state index contributed by atoms with van der Waals surface area (Å²) in [4.78, 5) is 25.5. The van der Waals surface area contributed by atoms with Gasteiger partial charge in [-0.3, -0.25) is 0 Å². The molecule has 1 atom stereocenters. The fraction of sp³-hybridized carbons (Fsp3) is 0.588. The summed E-state index contributed by atoms with van der Waals surface area (Å²) in [7, 11) is 0. The number of amides is 2. The lowest BCUT2D eigenvalue weighted by Gasteiger charge is -2.23. The number of aryl methyl sites for hydroxylation is 2. The molecule has 3 heterocycles. The van der Waals surface area contributed by atoms with E-state index in [0.717, 1.165) is 43.3 Å². The van der Waals surface area contributed by atoms with Gasteiger partial charge in [-0.15, -0.1) is 0 Å². The zero-order valence-corrected chi connectivity index (χ0v) is 15.2. The molecule has 0 spiro atoms. The molecule has 0 saturated heterocycles. The van der Waals surface area contributed by atoms with Gasteiger partial charge in [0.1, 0.15) is 11.6 Å². The molecule has 8 heteroatoms. The number of hydrogen-bond acceptors (Lipinski definition) is 5. The van der Waals surface area contributed by atoms with Gasteiger partial charge in [-0.25, -0.2) is 24.4 Å². The van der Waals surface area contributed by atoms with E-state index in [9.17, 15) is 4.79 Å². The van der Waals surface area contributed by atoms with E-state index in [0.29, 0.717) is 5.69 Å². The van der Waals surface area contributed by atoms with Crippen molar-refractivity contribution in [2.45, 2.75) is 65.0 Å². The van der Waals surface area contributed by atoms with Crippen LogP contribution in [0.3, 0.4) is 0 Å². The molecule has 134 valence electrons. The van der Waals surface area contributed by atoms with Crippen LogP contribution in [0.25, 0.3) is 0 Å². The average Bonchev–Trinajstić information content (AvgIpc) is 2.99. The molecule has 1 aliphatic rings. The second-order valence-corrected chi connectivity index (χ2v) is 7.30.